The maximum atomic E-state index is 11.7. The summed E-state index contributed by atoms with van der Waals surface area (Å²) in [6, 6.07) is 15.2. The number of ether oxygens (including phenoxy) is 3. The second-order valence-electron chi connectivity index (χ2n) is 9.73. The van der Waals surface area contributed by atoms with Gasteiger partial charge in [0.1, 0.15) is 30.8 Å². The van der Waals surface area contributed by atoms with E-state index >= 15 is 0 Å². The lowest BCUT2D eigenvalue weighted by Gasteiger charge is -2.23. The van der Waals surface area contributed by atoms with Crippen molar-refractivity contribution >= 4 is 5.97 Å². The molecule has 32 heavy (non-hydrogen) atoms. The summed E-state index contributed by atoms with van der Waals surface area (Å²) in [5.41, 5.74) is 1.15. The molecule has 0 saturated carbocycles. The zero-order valence-electron chi connectivity index (χ0n) is 19.2. The Labute approximate surface area is 190 Å². The van der Waals surface area contributed by atoms with Gasteiger partial charge in [-0.1, -0.05) is 45.0 Å². The standard InChI is InChI=1S/C26H34O6/c1-25(2,3)15-19-8-10-22(11-9-19)30-17-21(27)18-31-23-7-4-6-20(14-23)16-26(24(28)29)12-5-13-32-26/h4,6-11,14,21,27H,5,12-13,15-18H2,1-3H3,(H,28,29)/t21-,26?/m0/s1. The second kappa shape index (κ2) is 10.4. The predicted molar refractivity (Wildman–Crippen MR) is 122 cm³/mol. The first kappa shape index (κ1) is 24.1. The van der Waals surface area contributed by atoms with Gasteiger partial charge in [-0.25, -0.2) is 4.79 Å². The molecule has 1 unspecified atom stereocenters. The quantitative estimate of drug-likeness (QED) is 0.572. The molecule has 2 aromatic carbocycles. The Morgan fingerprint density at radius 3 is 2.34 bits per heavy atom. The van der Waals surface area contributed by atoms with Crippen LogP contribution in [-0.2, 0) is 22.4 Å². The molecule has 2 aromatic rings. The Bertz CT molecular complexity index is 878. The van der Waals surface area contributed by atoms with Crippen LogP contribution in [0.3, 0.4) is 0 Å². The van der Waals surface area contributed by atoms with Gasteiger partial charge in [-0.3, -0.25) is 0 Å². The van der Waals surface area contributed by atoms with Crippen molar-refractivity contribution in [3.8, 4) is 11.5 Å². The molecule has 0 aromatic heterocycles. The number of hydrogen-bond donors (Lipinski definition) is 2. The Morgan fingerprint density at radius 2 is 1.75 bits per heavy atom. The summed E-state index contributed by atoms with van der Waals surface area (Å²) >= 11 is 0. The van der Waals surface area contributed by atoms with E-state index in [4.69, 9.17) is 14.2 Å². The number of aliphatic carboxylic acids is 1. The SMILES string of the molecule is CC(C)(C)Cc1ccc(OC[C@H](O)COc2cccc(CC3(C(=O)O)CCCO3)c2)cc1. The molecule has 1 aliphatic rings. The fourth-order valence-electron chi connectivity index (χ4n) is 3.90. The highest BCUT2D eigenvalue weighted by molar-refractivity contribution is 5.78. The van der Waals surface area contributed by atoms with Gasteiger partial charge in [-0.05, 0) is 60.1 Å². The van der Waals surface area contributed by atoms with Crippen LogP contribution in [0.25, 0.3) is 0 Å². The zero-order chi connectivity index (χ0) is 23.2. The number of carboxylic acid groups (broad SMARTS) is 1. The van der Waals surface area contributed by atoms with Gasteiger partial charge in [0.15, 0.2) is 5.60 Å². The highest BCUT2D eigenvalue weighted by atomic mass is 16.5. The number of rotatable bonds is 10. The third-order valence-electron chi connectivity index (χ3n) is 5.42. The van der Waals surface area contributed by atoms with Crippen molar-refractivity contribution in [2.75, 3.05) is 19.8 Å². The summed E-state index contributed by atoms with van der Waals surface area (Å²) in [5.74, 6) is 0.353. The van der Waals surface area contributed by atoms with E-state index in [1.54, 1.807) is 12.1 Å². The van der Waals surface area contributed by atoms with Crippen LogP contribution in [0.2, 0.25) is 0 Å². The van der Waals surface area contributed by atoms with Crippen molar-refractivity contribution in [3.05, 3.63) is 59.7 Å². The van der Waals surface area contributed by atoms with Crippen LogP contribution in [-0.4, -0.2) is 47.7 Å². The van der Waals surface area contributed by atoms with Crippen LogP contribution >= 0.6 is 0 Å². The van der Waals surface area contributed by atoms with E-state index in [9.17, 15) is 15.0 Å². The lowest BCUT2D eigenvalue weighted by Crippen LogP contribution is -2.40. The van der Waals surface area contributed by atoms with Crippen molar-refractivity contribution in [1.82, 2.24) is 0 Å². The molecular formula is C26H34O6. The van der Waals surface area contributed by atoms with Crippen molar-refractivity contribution in [2.45, 2.75) is 58.2 Å². The van der Waals surface area contributed by atoms with Gasteiger partial charge in [0.05, 0.1) is 0 Å². The molecule has 1 fully saturated rings. The van der Waals surface area contributed by atoms with Gasteiger partial charge in [0, 0.05) is 13.0 Å². The maximum absolute atomic E-state index is 11.7. The Morgan fingerprint density at radius 1 is 1.06 bits per heavy atom. The fourth-order valence-corrected chi connectivity index (χ4v) is 3.90. The normalized spacial score (nSPS) is 19.5. The first-order valence-electron chi connectivity index (χ1n) is 11.1. The van der Waals surface area contributed by atoms with E-state index in [0.717, 1.165) is 18.4 Å². The van der Waals surface area contributed by atoms with Gasteiger partial charge in [0.25, 0.3) is 0 Å². The van der Waals surface area contributed by atoms with Gasteiger partial charge < -0.3 is 24.4 Å². The number of carboxylic acids is 1. The molecule has 174 valence electrons. The first-order valence-corrected chi connectivity index (χ1v) is 11.1. The molecule has 0 spiro atoms. The van der Waals surface area contributed by atoms with Crippen LogP contribution in [0.4, 0.5) is 0 Å². The molecule has 3 rings (SSSR count). The minimum Gasteiger partial charge on any atom is -0.491 e. The smallest absolute Gasteiger partial charge is 0.336 e. The monoisotopic (exact) mass is 442 g/mol. The van der Waals surface area contributed by atoms with Crippen LogP contribution in [0, 0.1) is 5.41 Å². The topological polar surface area (TPSA) is 85.2 Å². The summed E-state index contributed by atoms with van der Waals surface area (Å²) < 4.78 is 16.9. The number of hydrogen-bond acceptors (Lipinski definition) is 5. The van der Waals surface area contributed by atoms with Gasteiger partial charge >= 0.3 is 5.97 Å². The average Bonchev–Trinajstić information content (AvgIpc) is 3.21. The number of aliphatic hydroxyl groups excluding tert-OH is 1. The summed E-state index contributed by atoms with van der Waals surface area (Å²) in [4.78, 5) is 11.7. The third-order valence-corrected chi connectivity index (χ3v) is 5.42. The lowest BCUT2D eigenvalue weighted by molar-refractivity contribution is -0.159. The number of carbonyl (C=O) groups is 1. The molecule has 0 radical (unpaired) electrons. The summed E-state index contributed by atoms with van der Waals surface area (Å²) in [5, 5.41) is 19.8. The molecule has 0 bridgehead atoms. The van der Waals surface area contributed by atoms with E-state index < -0.39 is 17.7 Å². The summed E-state index contributed by atoms with van der Waals surface area (Å²) in [6.07, 6.45) is 1.73. The first-order chi connectivity index (χ1) is 15.2. The Hall–Kier alpha value is -2.57. The molecule has 2 N–H and O–H groups in total. The van der Waals surface area contributed by atoms with Crippen LogP contribution < -0.4 is 9.47 Å². The molecule has 1 saturated heterocycles. The molecular weight excluding hydrogens is 408 g/mol. The zero-order valence-corrected chi connectivity index (χ0v) is 19.2. The Balaban J connectivity index is 1.47. The van der Waals surface area contributed by atoms with E-state index in [-0.39, 0.29) is 25.0 Å². The lowest BCUT2D eigenvalue weighted by atomic mass is 9.88. The minimum absolute atomic E-state index is 0.0755. The molecule has 1 heterocycles. The molecule has 6 heteroatoms. The van der Waals surface area contributed by atoms with Gasteiger partial charge in [0.2, 0.25) is 0 Å². The third kappa shape index (κ3) is 6.97. The largest absolute Gasteiger partial charge is 0.491 e. The average molecular weight is 443 g/mol. The molecule has 2 atom stereocenters. The van der Waals surface area contributed by atoms with E-state index in [1.165, 1.54) is 5.56 Å². The van der Waals surface area contributed by atoms with Crippen molar-refractivity contribution in [2.24, 2.45) is 5.41 Å². The predicted octanol–water partition coefficient (Wildman–Crippen LogP) is 4.27. The summed E-state index contributed by atoms with van der Waals surface area (Å²) in [6.45, 7) is 7.27. The maximum Gasteiger partial charge on any atom is 0.336 e. The van der Waals surface area contributed by atoms with Crippen molar-refractivity contribution < 1.29 is 29.2 Å². The highest BCUT2D eigenvalue weighted by Gasteiger charge is 2.42. The molecule has 6 nitrogen and oxygen atoms in total. The van der Waals surface area contributed by atoms with Crippen LogP contribution in [0.1, 0.15) is 44.7 Å². The van der Waals surface area contributed by atoms with E-state index in [0.29, 0.717) is 24.5 Å². The number of benzene rings is 2. The highest BCUT2D eigenvalue weighted by Crippen LogP contribution is 2.31. The fraction of sp³-hybridized carbons (Fsp3) is 0.500. The van der Waals surface area contributed by atoms with E-state index in [2.05, 4.69) is 20.8 Å². The van der Waals surface area contributed by atoms with Crippen molar-refractivity contribution in [1.29, 1.82) is 0 Å². The minimum atomic E-state index is -1.16. The summed E-state index contributed by atoms with van der Waals surface area (Å²) in [7, 11) is 0. The molecule has 0 amide bonds. The van der Waals surface area contributed by atoms with Crippen molar-refractivity contribution in [3.63, 3.8) is 0 Å². The number of aliphatic hydroxyl groups is 1. The molecule has 0 aliphatic carbocycles. The van der Waals surface area contributed by atoms with Gasteiger partial charge in [-0.2, -0.15) is 0 Å². The Kier molecular flexibility index (Phi) is 7.80. The van der Waals surface area contributed by atoms with Gasteiger partial charge in [-0.15, -0.1) is 0 Å². The molecule has 1 aliphatic heterocycles. The van der Waals surface area contributed by atoms with E-state index in [1.807, 2.05) is 36.4 Å². The van der Waals surface area contributed by atoms with Crippen LogP contribution in [0.15, 0.2) is 48.5 Å². The van der Waals surface area contributed by atoms with Crippen LogP contribution in [0.5, 0.6) is 11.5 Å². The second-order valence-corrected chi connectivity index (χ2v) is 9.73.